The van der Waals surface area contributed by atoms with Gasteiger partial charge in [-0.3, -0.25) is 10.1 Å². The molecule has 1 amide bonds. The number of nitro groups is 1. The number of nitrogens with one attached hydrogen (secondary N) is 1. The summed E-state index contributed by atoms with van der Waals surface area (Å²) in [5.74, 6) is 0.470. The Kier molecular flexibility index (Phi) is 5.02. The number of ether oxygens (including phenoxy) is 1. The molecule has 2 rings (SSSR count). The van der Waals surface area contributed by atoms with Gasteiger partial charge >= 0.3 is 11.8 Å². The number of rotatable bonds is 4. The fourth-order valence-electron chi connectivity index (χ4n) is 2.41. The SMILES string of the molecule is CC(C)(C)OC(=O)N1CC[C@H](CNc2ncccc2[N+](=O)[O-])C1. The predicted octanol–water partition coefficient (Wildman–Crippen LogP) is 2.66. The number of hydrogen-bond donors (Lipinski definition) is 1. The van der Waals surface area contributed by atoms with Crippen LogP contribution in [0.15, 0.2) is 18.3 Å². The van der Waals surface area contributed by atoms with E-state index >= 15 is 0 Å². The van der Waals surface area contributed by atoms with E-state index in [0.717, 1.165) is 6.42 Å². The van der Waals surface area contributed by atoms with E-state index in [2.05, 4.69) is 10.3 Å². The zero-order valence-corrected chi connectivity index (χ0v) is 13.6. The van der Waals surface area contributed by atoms with Crippen molar-refractivity contribution in [1.29, 1.82) is 0 Å². The maximum absolute atomic E-state index is 12.0. The van der Waals surface area contributed by atoms with E-state index in [-0.39, 0.29) is 23.5 Å². The van der Waals surface area contributed by atoms with Crippen LogP contribution >= 0.6 is 0 Å². The molecule has 0 spiro atoms. The average Bonchev–Trinajstić information content (AvgIpc) is 2.92. The first-order chi connectivity index (χ1) is 10.8. The molecule has 23 heavy (non-hydrogen) atoms. The molecule has 2 heterocycles. The highest BCUT2D eigenvalue weighted by Crippen LogP contribution is 2.23. The molecule has 1 aromatic rings. The third-order valence-electron chi connectivity index (χ3n) is 3.48. The number of likely N-dealkylation sites (tertiary alicyclic amines) is 1. The molecule has 0 aliphatic carbocycles. The van der Waals surface area contributed by atoms with Crippen LogP contribution in [0, 0.1) is 16.0 Å². The van der Waals surface area contributed by atoms with Crippen molar-refractivity contribution in [1.82, 2.24) is 9.88 Å². The second kappa shape index (κ2) is 6.80. The lowest BCUT2D eigenvalue weighted by atomic mass is 10.1. The number of amides is 1. The Morgan fingerprint density at radius 2 is 2.30 bits per heavy atom. The molecule has 1 aliphatic rings. The zero-order chi connectivity index (χ0) is 17.0. The molecule has 1 saturated heterocycles. The van der Waals surface area contributed by atoms with Crippen LogP contribution in [0.3, 0.4) is 0 Å². The van der Waals surface area contributed by atoms with Crippen molar-refractivity contribution in [2.24, 2.45) is 5.92 Å². The van der Waals surface area contributed by atoms with Gasteiger partial charge in [0.15, 0.2) is 0 Å². The molecule has 0 radical (unpaired) electrons. The van der Waals surface area contributed by atoms with Crippen LogP contribution in [0.2, 0.25) is 0 Å². The van der Waals surface area contributed by atoms with Crippen molar-refractivity contribution in [2.45, 2.75) is 32.8 Å². The molecule has 0 aromatic carbocycles. The summed E-state index contributed by atoms with van der Waals surface area (Å²) in [6.45, 7) is 7.23. The average molecular weight is 322 g/mol. The molecule has 0 unspecified atom stereocenters. The maximum atomic E-state index is 12.0. The number of anilines is 1. The quantitative estimate of drug-likeness (QED) is 0.676. The number of aromatic nitrogens is 1. The van der Waals surface area contributed by atoms with Gasteiger partial charge in [0, 0.05) is 31.9 Å². The Bertz CT molecular complexity index is 585. The monoisotopic (exact) mass is 322 g/mol. The van der Waals surface area contributed by atoms with Crippen LogP contribution in [0.25, 0.3) is 0 Å². The third-order valence-corrected chi connectivity index (χ3v) is 3.48. The fraction of sp³-hybridized carbons (Fsp3) is 0.600. The summed E-state index contributed by atoms with van der Waals surface area (Å²) >= 11 is 0. The number of carbonyl (C=O) groups is 1. The van der Waals surface area contributed by atoms with Gasteiger partial charge in [-0.25, -0.2) is 9.78 Å². The van der Waals surface area contributed by atoms with Gasteiger partial charge in [-0.15, -0.1) is 0 Å². The van der Waals surface area contributed by atoms with Crippen LogP contribution in [0.1, 0.15) is 27.2 Å². The number of pyridine rings is 1. The van der Waals surface area contributed by atoms with E-state index in [4.69, 9.17) is 4.74 Å². The number of nitrogens with zero attached hydrogens (tertiary/aromatic N) is 3. The topological polar surface area (TPSA) is 97.6 Å². The van der Waals surface area contributed by atoms with E-state index in [0.29, 0.717) is 19.6 Å². The van der Waals surface area contributed by atoms with Gasteiger partial charge < -0.3 is 15.0 Å². The number of hydrogen-bond acceptors (Lipinski definition) is 6. The van der Waals surface area contributed by atoms with E-state index < -0.39 is 10.5 Å². The Hall–Kier alpha value is -2.38. The normalized spacial score (nSPS) is 17.9. The fourth-order valence-corrected chi connectivity index (χ4v) is 2.41. The molecule has 1 fully saturated rings. The first-order valence-corrected chi connectivity index (χ1v) is 7.57. The van der Waals surface area contributed by atoms with Crippen molar-refractivity contribution in [3.63, 3.8) is 0 Å². The summed E-state index contributed by atoms with van der Waals surface area (Å²) in [6.07, 6.45) is 2.02. The first-order valence-electron chi connectivity index (χ1n) is 7.57. The Morgan fingerprint density at radius 3 is 2.96 bits per heavy atom. The summed E-state index contributed by atoms with van der Waals surface area (Å²) in [7, 11) is 0. The van der Waals surface area contributed by atoms with Crippen molar-refractivity contribution >= 4 is 17.6 Å². The van der Waals surface area contributed by atoms with E-state index in [1.54, 1.807) is 4.90 Å². The van der Waals surface area contributed by atoms with Crippen LogP contribution in [0.5, 0.6) is 0 Å². The first kappa shape index (κ1) is 17.0. The van der Waals surface area contributed by atoms with Gasteiger partial charge in [0.2, 0.25) is 5.82 Å². The van der Waals surface area contributed by atoms with Crippen molar-refractivity contribution < 1.29 is 14.5 Å². The lowest BCUT2D eigenvalue weighted by Crippen LogP contribution is -2.35. The van der Waals surface area contributed by atoms with Crippen LogP contribution in [-0.4, -0.2) is 46.1 Å². The third kappa shape index (κ3) is 4.80. The molecule has 1 aromatic heterocycles. The summed E-state index contributed by atoms with van der Waals surface area (Å²) in [5.41, 5.74) is -0.559. The standard InChI is InChI=1S/C15H22N4O4/c1-15(2,3)23-14(20)18-8-6-11(10-18)9-17-13-12(19(21)22)5-4-7-16-13/h4-5,7,11H,6,8-10H2,1-3H3,(H,16,17)/t11-/m1/s1. The van der Waals surface area contributed by atoms with E-state index in [9.17, 15) is 14.9 Å². The highest BCUT2D eigenvalue weighted by molar-refractivity contribution is 5.68. The second-order valence-electron chi connectivity index (χ2n) is 6.59. The smallest absolute Gasteiger partial charge is 0.410 e. The molecule has 8 heteroatoms. The molecule has 1 aliphatic heterocycles. The zero-order valence-electron chi connectivity index (χ0n) is 13.6. The second-order valence-corrected chi connectivity index (χ2v) is 6.59. The minimum absolute atomic E-state index is 0.0468. The predicted molar refractivity (Wildman–Crippen MR) is 85.3 cm³/mol. The summed E-state index contributed by atoms with van der Waals surface area (Å²) in [6, 6.07) is 2.94. The minimum Gasteiger partial charge on any atom is -0.444 e. The number of carbonyl (C=O) groups excluding carboxylic acids is 1. The van der Waals surface area contributed by atoms with Gasteiger partial charge in [0.05, 0.1) is 4.92 Å². The minimum atomic E-state index is -0.512. The molecular formula is C15H22N4O4. The highest BCUT2D eigenvalue weighted by atomic mass is 16.6. The van der Waals surface area contributed by atoms with Gasteiger partial charge in [-0.2, -0.15) is 0 Å². The summed E-state index contributed by atoms with van der Waals surface area (Å²) < 4.78 is 5.35. The van der Waals surface area contributed by atoms with Gasteiger partial charge in [0.25, 0.3) is 0 Å². The molecule has 126 valence electrons. The summed E-state index contributed by atoms with van der Waals surface area (Å²) in [4.78, 5) is 28.2. The Labute approximate surface area is 135 Å². The van der Waals surface area contributed by atoms with Crippen molar-refractivity contribution in [3.05, 3.63) is 28.4 Å². The van der Waals surface area contributed by atoms with E-state index in [1.807, 2.05) is 20.8 Å². The molecule has 1 atom stereocenters. The van der Waals surface area contributed by atoms with Crippen LogP contribution < -0.4 is 5.32 Å². The Balaban J connectivity index is 1.87. The van der Waals surface area contributed by atoms with Gasteiger partial charge in [-0.1, -0.05) is 0 Å². The lowest BCUT2D eigenvalue weighted by Gasteiger charge is -2.24. The molecule has 0 bridgehead atoms. The summed E-state index contributed by atoms with van der Waals surface area (Å²) in [5, 5.41) is 14.0. The highest BCUT2D eigenvalue weighted by Gasteiger charge is 2.30. The molecule has 8 nitrogen and oxygen atoms in total. The van der Waals surface area contributed by atoms with E-state index in [1.165, 1.54) is 18.3 Å². The maximum Gasteiger partial charge on any atom is 0.410 e. The lowest BCUT2D eigenvalue weighted by molar-refractivity contribution is -0.384. The Morgan fingerprint density at radius 1 is 1.57 bits per heavy atom. The van der Waals surface area contributed by atoms with Crippen molar-refractivity contribution in [2.75, 3.05) is 25.0 Å². The van der Waals surface area contributed by atoms with Crippen LogP contribution in [-0.2, 0) is 4.74 Å². The largest absolute Gasteiger partial charge is 0.444 e. The van der Waals surface area contributed by atoms with Gasteiger partial charge in [0.1, 0.15) is 5.60 Å². The molecule has 1 N–H and O–H groups in total. The molecular weight excluding hydrogens is 300 g/mol. The van der Waals surface area contributed by atoms with Crippen molar-refractivity contribution in [3.8, 4) is 0 Å². The molecule has 0 saturated carbocycles. The van der Waals surface area contributed by atoms with Crippen LogP contribution in [0.4, 0.5) is 16.3 Å². The van der Waals surface area contributed by atoms with Gasteiger partial charge in [-0.05, 0) is 39.2 Å².